The van der Waals surface area contributed by atoms with Crippen LogP contribution in [0.25, 0.3) is 0 Å². The molecule has 0 bridgehead atoms. The summed E-state index contributed by atoms with van der Waals surface area (Å²) in [6.07, 6.45) is 5.23. The second-order valence-electron chi connectivity index (χ2n) is 5.56. The number of nitrogens with two attached hydrogens (primary N) is 1. The first kappa shape index (κ1) is 15.9. The third-order valence-electron chi connectivity index (χ3n) is 4.08. The summed E-state index contributed by atoms with van der Waals surface area (Å²) in [5.41, 5.74) is 5.70. The van der Waals surface area contributed by atoms with E-state index >= 15 is 0 Å². The van der Waals surface area contributed by atoms with Crippen LogP contribution >= 0.6 is 0 Å². The normalized spacial score (nSPS) is 16.0. The molecule has 0 aromatic heterocycles. The van der Waals surface area contributed by atoms with Gasteiger partial charge in [-0.25, -0.2) is 8.78 Å². The number of hydrogen-bond acceptors (Lipinski definition) is 2. The zero-order chi connectivity index (χ0) is 15.2. The van der Waals surface area contributed by atoms with Gasteiger partial charge < -0.3 is 10.6 Å². The maximum Gasteiger partial charge on any atom is 0.227 e. The summed E-state index contributed by atoms with van der Waals surface area (Å²) in [6.45, 7) is 0.855. The number of carbonyl (C=O) groups excluding carboxylic acids is 1. The summed E-state index contributed by atoms with van der Waals surface area (Å²) in [7, 11) is 0. The summed E-state index contributed by atoms with van der Waals surface area (Å²) in [4.78, 5) is 14.2. The third-order valence-corrected chi connectivity index (χ3v) is 4.08. The molecule has 1 aromatic carbocycles. The molecule has 0 unspecified atom stereocenters. The van der Waals surface area contributed by atoms with E-state index in [1.165, 1.54) is 18.6 Å². The molecule has 116 valence electrons. The van der Waals surface area contributed by atoms with Crippen LogP contribution in [0.3, 0.4) is 0 Å². The first-order valence-electron chi connectivity index (χ1n) is 7.56. The number of benzene rings is 1. The number of carbonyl (C=O) groups is 1. The summed E-state index contributed by atoms with van der Waals surface area (Å²) in [5, 5.41) is 0. The number of halogens is 2. The molecule has 0 atom stereocenters. The zero-order valence-electron chi connectivity index (χ0n) is 12.2. The predicted molar refractivity (Wildman–Crippen MR) is 77.7 cm³/mol. The van der Waals surface area contributed by atoms with Gasteiger partial charge in [-0.05, 0) is 18.9 Å². The number of amides is 1. The smallest absolute Gasteiger partial charge is 0.227 e. The molecule has 0 radical (unpaired) electrons. The highest BCUT2D eigenvalue weighted by molar-refractivity contribution is 5.79. The zero-order valence-corrected chi connectivity index (χ0v) is 12.2. The van der Waals surface area contributed by atoms with Gasteiger partial charge in [0, 0.05) is 24.7 Å². The Hall–Kier alpha value is -1.49. The van der Waals surface area contributed by atoms with Crippen molar-refractivity contribution in [2.75, 3.05) is 13.1 Å². The van der Waals surface area contributed by atoms with Crippen molar-refractivity contribution in [1.29, 1.82) is 0 Å². The van der Waals surface area contributed by atoms with Gasteiger partial charge >= 0.3 is 0 Å². The summed E-state index contributed by atoms with van der Waals surface area (Å²) < 4.78 is 26.9. The van der Waals surface area contributed by atoms with Gasteiger partial charge in [0.25, 0.3) is 0 Å². The van der Waals surface area contributed by atoms with Crippen LogP contribution < -0.4 is 5.73 Å². The predicted octanol–water partition coefficient (Wildman–Crippen LogP) is 2.63. The summed E-state index contributed by atoms with van der Waals surface area (Å²) in [6, 6.07) is 4.13. The monoisotopic (exact) mass is 296 g/mol. The quantitative estimate of drug-likeness (QED) is 0.908. The highest BCUT2D eigenvalue weighted by Crippen LogP contribution is 2.23. The van der Waals surface area contributed by atoms with Crippen molar-refractivity contribution in [3.63, 3.8) is 0 Å². The molecule has 1 saturated carbocycles. The third kappa shape index (κ3) is 4.00. The van der Waals surface area contributed by atoms with Crippen molar-refractivity contribution in [3.05, 3.63) is 35.4 Å². The topological polar surface area (TPSA) is 46.3 Å². The molecular weight excluding hydrogens is 274 g/mol. The van der Waals surface area contributed by atoms with Crippen LogP contribution in [0.2, 0.25) is 0 Å². The molecule has 1 fully saturated rings. The Morgan fingerprint density at radius 3 is 2.62 bits per heavy atom. The molecule has 5 heteroatoms. The van der Waals surface area contributed by atoms with Gasteiger partial charge in [-0.3, -0.25) is 4.79 Å². The van der Waals surface area contributed by atoms with E-state index < -0.39 is 11.6 Å². The number of hydrogen-bond donors (Lipinski definition) is 1. The summed E-state index contributed by atoms with van der Waals surface area (Å²) >= 11 is 0. The van der Waals surface area contributed by atoms with Crippen molar-refractivity contribution in [1.82, 2.24) is 4.90 Å². The molecule has 2 N–H and O–H groups in total. The molecule has 21 heavy (non-hydrogen) atoms. The molecule has 1 amide bonds. The van der Waals surface area contributed by atoms with Gasteiger partial charge in [0.15, 0.2) is 11.6 Å². The molecule has 0 saturated heterocycles. The van der Waals surface area contributed by atoms with Gasteiger partial charge in [-0.2, -0.15) is 0 Å². The van der Waals surface area contributed by atoms with Gasteiger partial charge in [-0.1, -0.05) is 31.4 Å². The summed E-state index contributed by atoms with van der Waals surface area (Å²) in [5.74, 6) is -2.01. The molecule has 0 heterocycles. The maximum atomic E-state index is 13.7. The highest BCUT2D eigenvalue weighted by Gasteiger charge is 2.25. The van der Waals surface area contributed by atoms with E-state index in [1.54, 1.807) is 4.90 Å². The molecule has 2 rings (SSSR count). The molecule has 1 aliphatic rings. The molecule has 0 aliphatic heterocycles. The largest absolute Gasteiger partial charge is 0.338 e. The minimum absolute atomic E-state index is 0.109. The van der Waals surface area contributed by atoms with E-state index in [-0.39, 0.29) is 23.9 Å². The molecular formula is C16H22F2N2O. The van der Waals surface area contributed by atoms with Crippen LogP contribution in [-0.2, 0) is 11.2 Å². The van der Waals surface area contributed by atoms with E-state index in [4.69, 9.17) is 5.73 Å². The first-order chi connectivity index (χ1) is 10.1. The standard InChI is InChI=1S/C16H22F2N2O/c17-14-8-4-5-12(16(14)18)11-15(21)20(10-9-19)13-6-2-1-3-7-13/h4-5,8,13H,1-3,6-7,9-11,19H2. The molecule has 1 aromatic rings. The Morgan fingerprint density at radius 2 is 1.95 bits per heavy atom. The van der Waals surface area contributed by atoms with Gasteiger partial charge in [0.05, 0.1) is 6.42 Å². The van der Waals surface area contributed by atoms with E-state index in [2.05, 4.69) is 0 Å². The van der Waals surface area contributed by atoms with Gasteiger partial charge in [0.2, 0.25) is 5.91 Å². The first-order valence-corrected chi connectivity index (χ1v) is 7.56. The maximum absolute atomic E-state index is 13.7. The van der Waals surface area contributed by atoms with Crippen LogP contribution in [0.4, 0.5) is 8.78 Å². The minimum atomic E-state index is -0.929. The van der Waals surface area contributed by atoms with Crippen molar-refractivity contribution >= 4 is 5.91 Å². The van der Waals surface area contributed by atoms with Gasteiger partial charge in [-0.15, -0.1) is 0 Å². The SMILES string of the molecule is NCCN(C(=O)Cc1cccc(F)c1F)C1CCCCC1. The lowest BCUT2D eigenvalue weighted by atomic mass is 9.93. The Labute approximate surface area is 124 Å². The second-order valence-corrected chi connectivity index (χ2v) is 5.56. The van der Waals surface area contributed by atoms with Crippen LogP contribution in [0, 0.1) is 11.6 Å². The molecule has 0 spiro atoms. The van der Waals surface area contributed by atoms with E-state index in [0.717, 1.165) is 31.7 Å². The van der Waals surface area contributed by atoms with Crippen LogP contribution in [0.5, 0.6) is 0 Å². The van der Waals surface area contributed by atoms with E-state index in [9.17, 15) is 13.6 Å². The Balaban J connectivity index is 2.09. The Kier molecular flexibility index (Phi) is 5.67. The number of nitrogens with zero attached hydrogens (tertiary/aromatic N) is 1. The average Bonchev–Trinajstić information content (AvgIpc) is 2.50. The van der Waals surface area contributed by atoms with E-state index in [0.29, 0.717) is 13.1 Å². The van der Waals surface area contributed by atoms with Crippen molar-refractivity contribution in [2.24, 2.45) is 5.73 Å². The lowest BCUT2D eigenvalue weighted by Crippen LogP contribution is -2.44. The Bertz CT molecular complexity index is 487. The fourth-order valence-electron chi connectivity index (χ4n) is 2.99. The average molecular weight is 296 g/mol. The van der Waals surface area contributed by atoms with E-state index in [1.807, 2.05) is 0 Å². The minimum Gasteiger partial charge on any atom is -0.338 e. The second kappa shape index (κ2) is 7.50. The van der Waals surface area contributed by atoms with Crippen LogP contribution in [-0.4, -0.2) is 29.9 Å². The lowest BCUT2D eigenvalue weighted by molar-refractivity contribution is -0.133. The highest BCUT2D eigenvalue weighted by atomic mass is 19.2. The lowest BCUT2D eigenvalue weighted by Gasteiger charge is -2.34. The van der Waals surface area contributed by atoms with Crippen LogP contribution in [0.15, 0.2) is 18.2 Å². The van der Waals surface area contributed by atoms with Crippen LogP contribution in [0.1, 0.15) is 37.7 Å². The van der Waals surface area contributed by atoms with Crippen molar-refractivity contribution < 1.29 is 13.6 Å². The van der Waals surface area contributed by atoms with Crippen molar-refractivity contribution in [2.45, 2.75) is 44.6 Å². The van der Waals surface area contributed by atoms with Gasteiger partial charge in [0.1, 0.15) is 0 Å². The Morgan fingerprint density at radius 1 is 1.24 bits per heavy atom. The number of rotatable bonds is 5. The fraction of sp³-hybridized carbons (Fsp3) is 0.562. The van der Waals surface area contributed by atoms with Crippen molar-refractivity contribution in [3.8, 4) is 0 Å². The molecule has 3 nitrogen and oxygen atoms in total. The fourth-order valence-corrected chi connectivity index (χ4v) is 2.99. The molecule has 1 aliphatic carbocycles.